The van der Waals surface area contributed by atoms with Crippen LogP contribution >= 0.6 is 0 Å². The fourth-order valence-electron chi connectivity index (χ4n) is 5.83. The number of amides is 1. The number of carbonyl (C=O) groups excluding carboxylic acids is 2. The van der Waals surface area contributed by atoms with E-state index in [1.807, 2.05) is 46.2 Å². The highest BCUT2D eigenvalue weighted by Crippen LogP contribution is 2.48. The average Bonchev–Trinajstić information content (AvgIpc) is 3.40. The van der Waals surface area contributed by atoms with Crippen LogP contribution in [-0.2, 0) is 9.59 Å². The predicted molar refractivity (Wildman–Crippen MR) is 145 cm³/mol. The van der Waals surface area contributed by atoms with E-state index in [0.29, 0.717) is 49.9 Å². The second kappa shape index (κ2) is 9.63. The summed E-state index contributed by atoms with van der Waals surface area (Å²) in [6.45, 7) is 6.86. The Bertz CT molecular complexity index is 1360. The van der Waals surface area contributed by atoms with Crippen LogP contribution in [0.4, 0.5) is 17.3 Å². The molecule has 2 aromatic heterocycles. The quantitative estimate of drug-likeness (QED) is 0.560. The Morgan fingerprint density at radius 1 is 1.03 bits per heavy atom. The minimum absolute atomic E-state index is 0.0117. The number of carbonyl (C=O) groups is 2. The first-order valence-electron chi connectivity index (χ1n) is 13.1. The summed E-state index contributed by atoms with van der Waals surface area (Å²) in [5.41, 5.74) is 3.21. The molecular weight excluding hydrogens is 480 g/mol. The maximum atomic E-state index is 13.8. The second-order valence-electron chi connectivity index (χ2n) is 10.9. The van der Waals surface area contributed by atoms with E-state index in [2.05, 4.69) is 34.0 Å². The number of piperazine rings is 1. The first-order chi connectivity index (χ1) is 18.4. The smallest absolute Gasteiger partial charge is 0.242 e. The van der Waals surface area contributed by atoms with Crippen molar-refractivity contribution in [2.75, 3.05) is 47.8 Å². The monoisotopic (exact) mass is 512 g/mol. The molecule has 1 N–H and O–H groups in total. The molecule has 1 aromatic carbocycles. The Labute approximate surface area is 222 Å². The van der Waals surface area contributed by atoms with Crippen LogP contribution in [0.5, 0.6) is 0 Å². The van der Waals surface area contributed by atoms with E-state index in [1.54, 1.807) is 24.7 Å². The van der Waals surface area contributed by atoms with Crippen LogP contribution in [0.15, 0.2) is 76.8 Å². The number of para-hydroxylation sites is 2. The molecule has 1 saturated heterocycles. The van der Waals surface area contributed by atoms with E-state index in [-0.39, 0.29) is 23.7 Å². The van der Waals surface area contributed by atoms with Gasteiger partial charge >= 0.3 is 0 Å². The lowest BCUT2D eigenvalue weighted by atomic mass is 9.74. The van der Waals surface area contributed by atoms with Gasteiger partial charge in [0.2, 0.25) is 11.9 Å². The summed E-state index contributed by atoms with van der Waals surface area (Å²) in [6, 6.07) is 13.0. The van der Waals surface area contributed by atoms with Gasteiger partial charge in [0.15, 0.2) is 5.78 Å². The van der Waals surface area contributed by atoms with E-state index < -0.39 is 6.04 Å². The molecule has 1 fully saturated rings. The summed E-state index contributed by atoms with van der Waals surface area (Å²) >= 11 is 0. The van der Waals surface area contributed by atoms with E-state index in [9.17, 15) is 9.59 Å². The molecule has 3 aliphatic rings. The van der Waals surface area contributed by atoms with Crippen molar-refractivity contribution in [3.8, 4) is 0 Å². The molecule has 196 valence electrons. The number of furan rings is 1. The molecule has 9 nitrogen and oxygen atoms in total. The number of benzene rings is 1. The number of ketones is 1. The van der Waals surface area contributed by atoms with Gasteiger partial charge < -0.3 is 24.4 Å². The summed E-state index contributed by atoms with van der Waals surface area (Å²) in [5.74, 6) is 1.44. The van der Waals surface area contributed by atoms with Gasteiger partial charge in [-0.2, -0.15) is 0 Å². The SMILES string of the molecule is CC1(C)CC(=O)C2=C(C1)Nc1ccccc1N(CC(=O)N1CCN(c3ncccn3)CC1)C2c1ccco1. The number of nitrogens with zero attached hydrogens (tertiary/aromatic N) is 5. The van der Waals surface area contributed by atoms with Gasteiger partial charge in [-0.3, -0.25) is 9.59 Å². The molecule has 0 bridgehead atoms. The first kappa shape index (κ1) is 24.2. The zero-order valence-corrected chi connectivity index (χ0v) is 21.8. The molecule has 6 rings (SSSR count). The first-order valence-corrected chi connectivity index (χ1v) is 13.1. The molecule has 3 aromatic rings. The topological polar surface area (TPSA) is 94.8 Å². The Morgan fingerprint density at radius 2 is 1.79 bits per heavy atom. The van der Waals surface area contributed by atoms with Gasteiger partial charge in [-0.05, 0) is 42.2 Å². The molecule has 1 atom stereocenters. The highest BCUT2D eigenvalue weighted by molar-refractivity contribution is 6.01. The normalized spacial score (nSPS) is 20.9. The van der Waals surface area contributed by atoms with Gasteiger partial charge in [0, 0.05) is 56.3 Å². The zero-order chi connectivity index (χ0) is 26.3. The molecule has 0 saturated carbocycles. The molecule has 0 radical (unpaired) electrons. The third-order valence-electron chi connectivity index (χ3n) is 7.59. The maximum Gasteiger partial charge on any atom is 0.242 e. The average molecular weight is 513 g/mol. The highest BCUT2D eigenvalue weighted by Gasteiger charge is 2.43. The number of hydrogen-bond donors (Lipinski definition) is 1. The fraction of sp³-hybridized carbons (Fsp3) is 0.379. The molecular formula is C29H32N6O3. The van der Waals surface area contributed by atoms with Crippen LogP contribution in [0.25, 0.3) is 0 Å². The lowest BCUT2D eigenvalue weighted by molar-refractivity contribution is -0.130. The number of anilines is 3. The molecule has 1 aliphatic carbocycles. The Balaban J connectivity index is 1.33. The number of fused-ring (bicyclic) bond motifs is 1. The van der Waals surface area contributed by atoms with E-state index in [4.69, 9.17) is 4.42 Å². The zero-order valence-electron chi connectivity index (χ0n) is 21.8. The van der Waals surface area contributed by atoms with Crippen LogP contribution in [0.1, 0.15) is 38.5 Å². The summed E-state index contributed by atoms with van der Waals surface area (Å²) < 4.78 is 5.91. The summed E-state index contributed by atoms with van der Waals surface area (Å²) in [6.07, 6.45) is 6.28. The molecule has 4 heterocycles. The van der Waals surface area contributed by atoms with Crippen molar-refractivity contribution in [1.82, 2.24) is 14.9 Å². The van der Waals surface area contributed by atoms with Crippen molar-refractivity contribution < 1.29 is 14.0 Å². The minimum atomic E-state index is -0.497. The number of nitrogens with one attached hydrogen (secondary N) is 1. The van der Waals surface area contributed by atoms with Gasteiger partial charge in [0.05, 0.1) is 24.2 Å². The largest absolute Gasteiger partial charge is 0.467 e. The fourth-order valence-corrected chi connectivity index (χ4v) is 5.83. The lowest BCUT2D eigenvalue weighted by Gasteiger charge is -2.39. The van der Waals surface area contributed by atoms with Crippen LogP contribution in [0.2, 0.25) is 0 Å². The van der Waals surface area contributed by atoms with Crippen LogP contribution in [-0.4, -0.2) is 59.3 Å². The predicted octanol–water partition coefficient (Wildman–Crippen LogP) is 4.03. The van der Waals surface area contributed by atoms with Crippen molar-refractivity contribution in [3.63, 3.8) is 0 Å². The molecule has 2 aliphatic heterocycles. The number of aromatic nitrogens is 2. The van der Waals surface area contributed by atoms with E-state index >= 15 is 0 Å². The van der Waals surface area contributed by atoms with Crippen molar-refractivity contribution in [2.24, 2.45) is 5.41 Å². The number of hydrogen-bond acceptors (Lipinski definition) is 8. The van der Waals surface area contributed by atoms with Crippen LogP contribution in [0, 0.1) is 5.41 Å². The van der Waals surface area contributed by atoms with Gasteiger partial charge in [-0.15, -0.1) is 0 Å². The van der Waals surface area contributed by atoms with Gasteiger partial charge in [-0.1, -0.05) is 26.0 Å². The summed E-state index contributed by atoms with van der Waals surface area (Å²) in [7, 11) is 0. The second-order valence-corrected chi connectivity index (χ2v) is 10.9. The van der Waals surface area contributed by atoms with E-state index in [0.717, 1.165) is 23.5 Å². The van der Waals surface area contributed by atoms with E-state index in [1.165, 1.54) is 0 Å². The maximum absolute atomic E-state index is 13.8. The van der Waals surface area contributed by atoms with Gasteiger partial charge in [0.25, 0.3) is 0 Å². The Morgan fingerprint density at radius 3 is 2.53 bits per heavy atom. The molecule has 1 unspecified atom stereocenters. The van der Waals surface area contributed by atoms with Crippen molar-refractivity contribution in [1.29, 1.82) is 0 Å². The summed E-state index contributed by atoms with van der Waals surface area (Å²) in [4.78, 5) is 42.2. The highest BCUT2D eigenvalue weighted by atomic mass is 16.3. The molecule has 38 heavy (non-hydrogen) atoms. The van der Waals surface area contributed by atoms with Crippen molar-refractivity contribution in [3.05, 3.63) is 78.2 Å². The third kappa shape index (κ3) is 4.53. The number of Topliss-reactive ketones (excluding diaryl/α,β-unsaturated/α-hetero) is 1. The van der Waals surface area contributed by atoms with Crippen LogP contribution in [0.3, 0.4) is 0 Å². The molecule has 0 spiro atoms. The summed E-state index contributed by atoms with van der Waals surface area (Å²) in [5, 5.41) is 3.58. The van der Waals surface area contributed by atoms with Gasteiger partial charge in [0.1, 0.15) is 11.8 Å². The number of allylic oxidation sites excluding steroid dienone is 1. The molecule has 9 heteroatoms. The minimum Gasteiger partial charge on any atom is -0.467 e. The third-order valence-corrected chi connectivity index (χ3v) is 7.59. The standard InChI is InChI=1S/C29H32N6O3/c1-29(2)17-21-26(23(36)18-29)27(24-9-5-16-38-24)35(22-8-4-3-7-20(22)32-21)19-25(37)33-12-14-34(15-13-33)28-30-10-6-11-31-28/h3-11,16,27,32H,12-15,17-19H2,1-2H3. The Kier molecular flexibility index (Phi) is 6.13. The van der Waals surface area contributed by atoms with Gasteiger partial charge in [-0.25, -0.2) is 9.97 Å². The Hall–Kier alpha value is -4.14. The van der Waals surface area contributed by atoms with Crippen molar-refractivity contribution >= 4 is 29.0 Å². The lowest BCUT2D eigenvalue weighted by Crippen LogP contribution is -2.52. The van der Waals surface area contributed by atoms with Crippen LogP contribution < -0.4 is 15.1 Å². The molecule has 1 amide bonds. The van der Waals surface area contributed by atoms with Crippen molar-refractivity contribution in [2.45, 2.75) is 32.7 Å². The number of rotatable bonds is 4.